The van der Waals surface area contributed by atoms with Crippen LogP contribution < -0.4 is 15.9 Å². The largest absolute Gasteiger partial charge is 0.606 e. The van der Waals surface area contributed by atoms with Crippen molar-refractivity contribution < 1.29 is 32.7 Å². The van der Waals surface area contributed by atoms with Gasteiger partial charge in [-0.15, -0.1) is 0 Å². The molecule has 2 aromatic rings. The Balaban J connectivity index is 1.30. The summed E-state index contributed by atoms with van der Waals surface area (Å²) < 4.78 is 30.7. The molecule has 1 aromatic carbocycles. The molecule has 37 heavy (non-hydrogen) atoms. The Kier molecular flexibility index (Phi) is 7.23. The van der Waals surface area contributed by atoms with Crippen LogP contribution in [0.3, 0.4) is 0 Å². The summed E-state index contributed by atoms with van der Waals surface area (Å²) in [5, 5.41) is 2.64. The van der Waals surface area contributed by atoms with Crippen molar-refractivity contribution in [2.45, 2.75) is 71.4 Å². The quantitative estimate of drug-likeness (QED) is 0.557. The number of nitrogens with one attached hydrogen (secondary N) is 1. The second kappa shape index (κ2) is 10.1. The number of aromatic nitrogens is 2. The van der Waals surface area contributed by atoms with Crippen LogP contribution in [-0.4, -0.2) is 40.1 Å². The molecule has 12 heteroatoms. The minimum atomic E-state index is -3.81. The predicted octanol–water partition coefficient (Wildman–Crippen LogP) is 2.72. The molecule has 1 N–H and O–H groups in total. The van der Waals surface area contributed by atoms with Gasteiger partial charge in [0, 0.05) is 18.0 Å². The van der Waals surface area contributed by atoms with Gasteiger partial charge in [-0.1, -0.05) is 38.1 Å². The number of carbonyl (C=O) groups is 1. The van der Waals surface area contributed by atoms with Crippen LogP contribution in [0.25, 0.3) is 0 Å². The minimum absolute atomic E-state index is 0.0371. The lowest BCUT2D eigenvalue weighted by atomic mass is 10.1. The second-order valence-electron chi connectivity index (χ2n) is 10.3. The summed E-state index contributed by atoms with van der Waals surface area (Å²) in [6.07, 6.45) is 1.22. The first-order valence-electron chi connectivity index (χ1n) is 12.4. The van der Waals surface area contributed by atoms with Gasteiger partial charge >= 0.3 is 13.9 Å². The molecule has 5 rings (SSSR count). The van der Waals surface area contributed by atoms with Crippen LogP contribution >= 0.6 is 8.17 Å². The fourth-order valence-electron chi connectivity index (χ4n) is 4.93. The van der Waals surface area contributed by atoms with Gasteiger partial charge < -0.3 is 19.7 Å². The van der Waals surface area contributed by atoms with E-state index in [0.29, 0.717) is 6.42 Å². The smallest absolute Gasteiger partial charge is 0.380 e. The van der Waals surface area contributed by atoms with E-state index in [1.54, 1.807) is 26.1 Å². The average molecular weight is 534 g/mol. The summed E-state index contributed by atoms with van der Waals surface area (Å²) in [4.78, 5) is 42.2. The van der Waals surface area contributed by atoms with Crippen LogP contribution in [-0.2, 0) is 41.1 Å². The van der Waals surface area contributed by atoms with E-state index in [1.165, 1.54) is 4.57 Å². The van der Waals surface area contributed by atoms with Crippen LogP contribution in [0, 0.1) is 11.8 Å². The fraction of sp³-hybridized carbons (Fsp3) is 0.560. The molecule has 0 spiro atoms. The van der Waals surface area contributed by atoms with Crippen LogP contribution in [0.5, 0.6) is 0 Å². The minimum Gasteiger partial charge on any atom is -0.606 e. The number of hydrogen-bond acceptors (Lipinski definition) is 9. The van der Waals surface area contributed by atoms with Gasteiger partial charge in [-0.2, -0.15) is 18.6 Å². The van der Waals surface area contributed by atoms with E-state index in [2.05, 4.69) is 10.3 Å². The second-order valence-corrected chi connectivity index (χ2v) is 12.0. The van der Waals surface area contributed by atoms with Crippen molar-refractivity contribution in [2.24, 2.45) is 11.8 Å². The van der Waals surface area contributed by atoms with Gasteiger partial charge in [-0.05, 0) is 37.5 Å². The third-order valence-electron chi connectivity index (χ3n) is 6.84. The molecule has 2 aliphatic heterocycles. The molecule has 3 aliphatic rings. The van der Waals surface area contributed by atoms with Crippen molar-refractivity contribution in [3.63, 3.8) is 0 Å². The van der Waals surface area contributed by atoms with E-state index >= 15 is 0 Å². The Morgan fingerprint density at radius 2 is 1.84 bits per heavy atom. The summed E-state index contributed by atoms with van der Waals surface area (Å²) in [5.74, 6) is -1.38. The SMILES string of the molecule is CC(C)C(=O)Nc1ccn([C@@H]2C[C@H](CO[P+]3([O-])OCc4ccccc4CO3)[C@H]3OC(C)(C)O[C@H]32)c(=O)n1. The molecule has 0 bridgehead atoms. The number of amides is 1. The molecular formula is C25H32N3O8P. The number of fused-ring (bicyclic) bond motifs is 2. The van der Waals surface area contributed by atoms with E-state index in [4.69, 9.17) is 23.0 Å². The van der Waals surface area contributed by atoms with Crippen LogP contribution in [0.4, 0.5) is 5.82 Å². The Morgan fingerprint density at radius 3 is 2.46 bits per heavy atom. The van der Waals surface area contributed by atoms with Crippen LogP contribution in [0.15, 0.2) is 41.3 Å². The number of benzene rings is 1. The molecule has 0 radical (unpaired) electrons. The highest BCUT2D eigenvalue weighted by Crippen LogP contribution is 2.58. The normalized spacial score (nSPS) is 27.9. The van der Waals surface area contributed by atoms with Crippen molar-refractivity contribution >= 4 is 19.9 Å². The Hall–Kier alpha value is -2.24. The molecule has 1 saturated carbocycles. The van der Waals surface area contributed by atoms with Crippen molar-refractivity contribution in [1.29, 1.82) is 0 Å². The average Bonchev–Trinajstić information content (AvgIpc) is 3.26. The maximum atomic E-state index is 13.2. The molecular weight excluding hydrogens is 501 g/mol. The molecule has 1 saturated heterocycles. The van der Waals surface area contributed by atoms with Gasteiger partial charge in [0.15, 0.2) is 5.79 Å². The Morgan fingerprint density at radius 1 is 1.19 bits per heavy atom. The summed E-state index contributed by atoms with van der Waals surface area (Å²) >= 11 is 0. The van der Waals surface area contributed by atoms with Gasteiger partial charge in [0.05, 0.1) is 12.1 Å². The molecule has 2 fully saturated rings. The molecule has 200 valence electrons. The van der Waals surface area contributed by atoms with Crippen LogP contribution in [0.1, 0.15) is 51.3 Å². The van der Waals surface area contributed by atoms with Crippen molar-refractivity contribution in [2.75, 3.05) is 11.9 Å². The van der Waals surface area contributed by atoms with E-state index < -0.39 is 37.9 Å². The summed E-state index contributed by atoms with van der Waals surface area (Å²) in [7, 11) is -3.81. The molecule has 0 unspecified atom stereocenters. The molecule has 1 amide bonds. The number of phosphoric ester groups is 1. The highest BCUT2D eigenvalue weighted by atomic mass is 31.2. The molecule has 11 nitrogen and oxygen atoms in total. The first-order chi connectivity index (χ1) is 17.5. The van der Waals surface area contributed by atoms with E-state index in [9.17, 15) is 14.5 Å². The summed E-state index contributed by atoms with van der Waals surface area (Å²) in [6, 6.07) is 8.77. The lowest BCUT2D eigenvalue weighted by Gasteiger charge is -2.26. The highest BCUT2D eigenvalue weighted by Gasteiger charge is 2.55. The zero-order chi connectivity index (χ0) is 26.4. The first-order valence-corrected chi connectivity index (χ1v) is 13.9. The number of hydrogen-bond donors (Lipinski definition) is 1. The summed E-state index contributed by atoms with van der Waals surface area (Å²) in [6.45, 7) is 7.42. The van der Waals surface area contributed by atoms with E-state index in [0.717, 1.165) is 11.1 Å². The zero-order valence-electron chi connectivity index (χ0n) is 21.3. The number of rotatable bonds is 6. The number of nitrogens with zero attached hydrogens (tertiary/aromatic N) is 2. The van der Waals surface area contributed by atoms with Gasteiger partial charge in [0.2, 0.25) is 5.91 Å². The fourth-order valence-corrected chi connectivity index (χ4v) is 6.12. The standard InChI is InChI=1S/C25H32N3O8P/c1-15(2)23(29)26-20-9-10-28(24(30)27-20)19-11-18(21-22(19)36-25(3,4)35-21)14-34-37(31)32-12-16-7-5-6-8-17(16)13-33-37/h5-10,15,18-19,21-22H,11-14H2,1-4H3,(H,26,27,29,30)/t18-,19-,21-,22+/m1/s1. The third kappa shape index (κ3) is 5.63. The lowest BCUT2D eigenvalue weighted by Crippen LogP contribution is -2.34. The van der Waals surface area contributed by atoms with Gasteiger partial charge in [0.25, 0.3) is 0 Å². The lowest BCUT2D eigenvalue weighted by molar-refractivity contribution is -0.252. The maximum Gasteiger partial charge on any atom is 0.380 e. The monoisotopic (exact) mass is 533 g/mol. The van der Waals surface area contributed by atoms with E-state index in [-0.39, 0.29) is 43.4 Å². The van der Waals surface area contributed by atoms with Crippen LogP contribution in [0.2, 0.25) is 0 Å². The maximum absolute atomic E-state index is 13.2. The summed E-state index contributed by atoms with van der Waals surface area (Å²) in [5.41, 5.74) is 1.29. The number of anilines is 1. The van der Waals surface area contributed by atoms with Crippen molar-refractivity contribution in [3.8, 4) is 0 Å². The number of carbonyl (C=O) groups excluding carboxylic acids is 1. The molecule has 1 aliphatic carbocycles. The van der Waals surface area contributed by atoms with Crippen molar-refractivity contribution in [1.82, 2.24) is 9.55 Å². The highest BCUT2D eigenvalue weighted by molar-refractivity contribution is 7.53. The molecule has 3 heterocycles. The third-order valence-corrected chi connectivity index (χ3v) is 8.19. The topological polar surface area (TPSA) is 133 Å². The molecule has 4 atom stereocenters. The molecule has 1 aromatic heterocycles. The zero-order valence-corrected chi connectivity index (χ0v) is 22.2. The number of ether oxygens (including phenoxy) is 2. The predicted molar refractivity (Wildman–Crippen MR) is 132 cm³/mol. The van der Waals surface area contributed by atoms with Gasteiger partial charge in [0.1, 0.15) is 31.7 Å². The Labute approximate surface area is 215 Å². The van der Waals surface area contributed by atoms with E-state index in [1.807, 2.05) is 38.1 Å². The Bertz CT molecular complexity index is 1190. The van der Waals surface area contributed by atoms with Gasteiger partial charge in [-0.25, -0.2) is 4.79 Å². The van der Waals surface area contributed by atoms with Crippen molar-refractivity contribution in [3.05, 3.63) is 58.1 Å². The first kappa shape index (κ1) is 26.4. The number of phosphoric acid groups is 1. The van der Waals surface area contributed by atoms with Gasteiger partial charge in [-0.3, -0.25) is 9.36 Å².